The summed E-state index contributed by atoms with van der Waals surface area (Å²) >= 11 is 3.59. The van der Waals surface area contributed by atoms with E-state index in [1.807, 2.05) is 48.5 Å². The van der Waals surface area contributed by atoms with Crippen molar-refractivity contribution in [1.82, 2.24) is 5.32 Å². The highest BCUT2D eigenvalue weighted by atomic mass is 79.9. The second-order valence-electron chi connectivity index (χ2n) is 6.17. The molecule has 1 fully saturated rings. The Morgan fingerprint density at radius 2 is 1.92 bits per heavy atom. The van der Waals surface area contributed by atoms with Crippen molar-refractivity contribution in [3.63, 3.8) is 0 Å². The van der Waals surface area contributed by atoms with Gasteiger partial charge in [0.15, 0.2) is 0 Å². The molecule has 3 rings (SSSR count). The highest BCUT2D eigenvalue weighted by Gasteiger charge is 2.25. The van der Waals surface area contributed by atoms with Gasteiger partial charge in [-0.25, -0.2) is 0 Å². The third-order valence-electron chi connectivity index (χ3n) is 4.38. The topological polar surface area (TPSA) is 58.4 Å². The van der Waals surface area contributed by atoms with E-state index in [4.69, 9.17) is 5.73 Å². The Bertz CT molecular complexity index is 692. The van der Waals surface area contributed by atoms with E-state index in [1.54, 1.807) is 0 Å². The predicted octanol–water partition coefficient (Wildman–Crippen LogP) is 3.23. The number of rotatable bonds is 5. The lowest BCUT2D eigenvalue weighted by Crippen LogP contribution is -2.38. The predicted molar refractivity (Wildman–Crippen MR) is 101 cm³/mol. The number of para-hydroxylation sites is 1. The summed E-state index contributed by atoms with van der Waals surface area (Å²) in [5.74, 6) is 0.0188. The molecule has 1 saturated heterocycles. The van der Waals surface area contributed by atoms with Crippen LogP contribution in [0.15, 0.2) is 59.1 Å². The fourth-order valence-corrected chi connectivity index (χ4v) is 3.65. The average Bonchev–Trinajstić information content (AvgIpc) is 3.04. The second-order valence-corrected chi connectivity index (χ2v) is 7.03. The maximum atomic E-state index is 12.3. The van der Waals surface area contributed by atoms with Crippen molar-refractivity contribution in [2.45, 2.75) is 24.9 Å². The molecule has 0 aliphatic carbocycles. The summed E-state index contributed by atoms with van der Waals surface area (Å²) in [6, 6.07) is 17.9. The Morgan fingerprint density at radius 1 is 1.21 bits per heavy atom. The van der Waals surface area contributed by atoms with Crippen molar-refractivity contribution >= 4 is 27.5 Å². The van der Waals surface area contributed by atoms with Crippen LogP contribution in [0.4, 0.5) is 5.69 Å². The molecule has 1 aliphatic rings. The smallest absolute Gasteiger partial charge is 0.222 e. The van der Waals surface area contributed by atoms with Crippen molar-refractivity contribution in [2.24, 2.45) is 5.73 Å². The first-order valence-electron chi connectivity index (χ1n) is 8.23. The van der Waals surface area contributed by atoms with E-state index in [0.29, 0.717) is 6.42 Å². The molecule has 0 aromatic heterocycles. The SMILES string of the molecule is NC(CC(=O)NC1CCN(c2ccccc2Br)C1)c1ccccc1. The van der Waals surface area contributed by atoms with Gasteiger partial charge in [-0.2, -0.15) is 0 Å². The molecule has 2 atom stereocenters. The molecular formula is C19H22BrN3O. The fraction of sp³-hybridized carbons (Fsp3) is 0.316. The number of nitrogens with one attached hydrogen (secondary N) is 1. The van der Waals surface area contributed by atoms with Gasteiger partial charge in [0.2, 0.25) is 5.91 Å². The molecule has 2 aromatic rings. The number of nitrogens with zero attached hydrogens (tertiary/aromatic N) is 1. The Kier molecular flexibility index (Phi) is 5.53. The van der Waals surface area contributed by atoms with Gasteiger partial charge in [-0.1, -0.05) is 42.5 Å². The summed E-state index contributed by atoms with van der Waals surface area (Å²) in [7, 11) is 0. The van der Waals surface area contributed by atoms with Crippen LogP contribution in [0.5, 0.6) is 0 Å². The Balaban J connectivity index is 1.52. The molecular weight excluding hydrogens is 366 g/mol. The number of halogens is 1. The Morgan fingerprint density at radius 3 is 2.67 bits per heavy atom. The van der Waals surface area contributed by atoms with Crippen molar-refractivity contribution in [2.75, 3.05) is 18.0 Å². The molecule has 4 nitrogen and oxygen atoms in total. The molecule has 24 heavy (non-hydrogen) atoms. The van der Waals surface area contributed by atoms with E-state index >= 15 is 0 Å². The number of anilines is 1. The number of carbonyl (C=O) groups excluding carboxylic acids is 1. The zero-order valence-corrected chi connectivity index (χ0v) is 15.1. The van der Waals surface area contributed by atoms with Crippen LogP contribution in [0.2, 0.25) is 0 Å². The summed E-state index contributed by atoms with van der Waals surface area (Å²) in [4.78, 5) is 14.6. The maximum absolute atomic E-state index is 12.3. The number of benzene rings is 2. The lowest BCUT2D eigenvalue weighted by atomic mass is 10.0. The van der Waals surface area contributed by atoms with Crippen LogP contribution < -0.4 is 16.0 Å². The minimum Gasteiger partial charge on any atom is -0.368 e. The normalized spacial score (nSPS) is 18.4. The van der Waals surface area contributed by atoms with Gasteiger partial charge in [0.25, 0.3) is 0 Å². The molecule has 1 aliphatic heterocycles. The first-order chi connectivity index (χ1) is 11.6. The summed E-state index contributed by atoms with van der Waals surface area (Å²) in [6.45, 7) is 1.77. The summed E-state index contributed by atoms with van der Waals surface area (Å²) in [5, 5.41) is 3.12. The molecule has 0 saturated carbocycles. The van der Waals surface area contributed by atoms with Crippen molar-refractivity contribution in [3.8, 4) is 0 Å². The molecule has 3 N–H and O–H groups in total. The molecule has 1 amide bonds. The van der Waals surface area contributed by atoms with E-state index in [9.17, 15) is 4.79 Å². The molecule has 0 radical (unpaired) electrons. The Labute approximate surface area is 151 Å². The molecule has 0 spiro atoms. The van der Waals surface area contributed by atoms with Gasteiger partial charge in [0.1, 0.15) is 0 Å². The molecule has 2 unspecified atom stereocenters. The summed E-state index contributed by atoms with van der Waals surface area (Å²) in [5.41, 5.74) is 8.30. The number of hydrogen-bond donors (Lipinski definition) is 2. The summed E-state index contributed by atoms with van der Waals surface area (Å²) < 4.78 is 1.09. The fourth-order valence-electron chi connectivity index (χ4n) is 3.11. The third kappa shape index (κ3) is 4.16. The first kappa shape index (κ1) is 17.0. The molecule has 5 heteroatoms. The molecule has 2 aromatic carbocycles. The van der Waals surface area contributed by atoms with Crippen molar-refractivity contribution < 1.29 is 4.79 Å². The van der Waals surface area contributed by atoms with Crippen LogP contribution in [-0.2, 0) is 4.79 Å². The lowest BCUT2D eigenvalue weighted by Gasteiger charge is -2.20. The van der Waals surface area contributed by atoms with Gasteiger partial charge >= 0.3 is 0 Å². The minimum absolute atomic E-state index is 0.0188. The van der Waals surface area contributed by atoms with Crippen LogP contribution in [0.3, 0.4) is 0 Å². The standard InChI is InChI=1S/C19H22BrN3O/c20-16-8-4-5-9-18(16)23-11-10-15(13-23)22-19(24)12-17(21)14-6-2-1-3-7-14/h1-9,15,17H,10-13,21H2,(H,22,24). The van der Waals surface area contributed by atoms with Crippen LogP contribution >= 0.6 is 15.9 Å². The van der Waals surface area contributed by atoms with Crippen molar-refractivity contribution in [3.05, 3.63) is 64.6 Å². The number of amides is 1. The van der Waals surface area contributed by atoms with E-state index < -0.39 is 0 Å². The van der Waals surface area contributed by atoms with Gasteiger partial charge < -0.3 is 16.0 Å². The van der Waals surface area contributed by atoms with E-state index in [2.05, 4.69) is 32.2 Å². The monoisotopic (exact) mass is 387 g/mol. The van der Waals surface area contributed by atoms with Crippen LogP contribution in [-0.4, -0.2) is 25.0 Å². The number of carbonyl (C=O) groups is 1. The quantitative estimate of drug-likeness (QED) is 0.827. The van der Waals surface area contributed by atoms with Crippen LogP contribution in [0.25, 0.3) is 0 Å². The van der Waals surface area contributed by atoms with Gasteiger partial charge in [0.05, 0.1) is 5.69 Å². The zero-order valence-electron chi connectivity index (χ0n) is 13.5. The molecule has 126 valence electrons. The largest absolute Gasteiger partial charge is 0.368 e. The first-order valence-corrected chi connectivity index (χ1v) is 9.02. The maximum Gasteiger partial charge on any atom is 0.222 e. The van der Waals surface area contributed by atoms with Gasteiger partial charge in [-0.15, -0.1) is 0 Å². The van der Waals surface area contributed by atoms with Gasteiger partial charge in [-0.3, -0.25) is 4.79 Å². The molecule has 0 bridgehead atoms. The zero-order chi connectivity index (χ0) is 16.9. The number of nitrogens with two attached hydrogens (primary N) is 1. The third-order valence-corrected chi connectivity index (χ3v) is 5.05. The van der Waals surface area contributed by atoms with Crippen LogP contribution in [0.1, 0.15) is 24.4 Å². The number of hydrogen-bond acceptors (Lipinski definition) is 3. The minimum atomic E-state index is -0.257. The Hall–Kier alpha value is -1.85. The highest BCUT2D eigenvalue weighted by Crippen LogP contribution is 2.28. The van der Waals surface area contributed by atoms with E-state index in [1.165, 1.54) is 5.69 Å². The van der Waals surface area contributed by atoms with Gasteiger partial charge in [0, 0.05) is 36.1 Å². The lowest BCUT2D eigenvalue weighted by molar-refractivity contribution is -0.122. The summed E-state index contributed by atoms with van der Waals surface area (Å²) in [6.07, 6.45) is 1.27. The van der Waals surface area contributed by atoms with Crippen LogP contribution in [0, 0.1) is 0 Å². The second kappa shape index (κ2) is 7.81. The van der Waals surface area contributed by atoms with E-state index in [0.717, 1.165) is 29.5 Å². The highest BCUT2D eigenvalue weighted by molar-refractivity contribution is 9.10. The molecule has 1 heterocycles. The average molecular weight is 388 g/mol. The van der Waals surface area contributed by atoms with Gasteiger partial charge in [-0.05, 0) is 40.0 Å². The van der Waals surface area contributed by atoms with Crippen molar-refractivity contribution in [1.29, 1.82) is 0 Å². The van der Waals surface area contributed by atoms with E-state index in [-0.39, 0.29) is 18.0 Å².